The lowest BCUT2D eigenvalue weighted by Gasteiger charge is -1.97. The van der Waals surface area contributed by atoms with E-state index in [0.29, 0.717) is 23.2 Å². The first-order chi connectivity index (χ1) is 8.54. The summed E-state index contributed by atoms with van der Waals surface area (Å²) in [6, 6.07) is 0. The quantitative estimate of drug-likeness (QED) is 0.804. The molecule has 4 nitrogen and oxygen atoms in total. The van der Waals surface area contributed by atoms with Crippen LogP contribution in [0.5, 0.6) is 0 Å². The summed E-state index contributed by atoms with van der Waals surface area (Å²) in [5, 5.41) is 2.53. The van der Waals surface area contributed by atoms with Crippen molar-refractivity contribution in [3.63, 3.8) is 0 Å². The number of esters is 1. The summed E-state index contributed by atoms with van der Waals surface area (Å²) in [5.41, 5.74) is 1.47. The second-order valence-corrected chi connectivity index (χ2v) is 4.97. The van der Waals surface area contributed by atoms with Gasteiger partial charge in [0.2, 0.25) is 11.7 Å². The van der Waals surface area contributed by atoms with E-state index < -0.39 is 5.97 Å². The number of nitrogens with zero attached hydrogens (tertiary/aromatic N) is 1. The molecule has 2 aromatic heterocycles. The summed E-state index contributed by atoms with van der Waals surface area (Å²) < 4.78 is 10.3. The van der Waals surface area contributed by atoms with Crippen LogP contribution in [0, 0.1) is 13.8 Å². The number of rotatable bonds is 3. The van der Waals surface area contributed by atoms with E-state index in [1.807, 2.05) is 12.3 Å². The van der Waals surface area contributed by atoms with Crippen molar-refractivity contribution in [2.24, 2.45) is 0 Å². The molecule has 0 aliphatic carbocycles. The van der Waals surface area contributed by atoms with Crippen LogP contribution in [-0.4, -0.2) is 17.6 Å². The van der Waals surface area contributed by atoms with Crippen molar-refractivity contribution in [1.82, 2.24) is 4.98 Å². The van der Waals surface area contributed by atoms with Gasteiger partial charge in [0, 0.05) is 0 Å². The molecule has 2 aromatic rings. The minimum Gasteiger partial charge on any atom is -0.460 e. The molecule has 0 atom stereocenters. The van der Waals surface area contributed by atoms with Gasteiger partial charge in [0.15, 0.2) is 0 Å². The number of carbonyl (C=O) groups excluding carboxylic acids is 1. The Morgan fingerprint density at radius 1 is 1.56 bits per heavy atom. The molecule has 0 aromatic carbocycles. The van der Waals surface area contributed by atoms with E-state index in [1.54, 1.807) is 13.8 Å². The van der Waals surface area contributed by atoms with Crippen LogP contribution in [0.1, 0.15) is 28.7 Å². The first-order valence-electron chi connectivity index (χ1n) is 5.43. The third-order valence-electron chi connectivity index (χ3n) is 2.35. The van der Waals surface area contributed by atoms with Crippen molar-refractivity contribution in [1.29, 1.82) is 0 Å². The van der Waals surface area contributed by atoms with Gasteiger partial charge in [0.1, 0.15) is 4.88 Å². The van der Waals surface area contributed by atoms with E-state index in [2.05, 4.69) is 4.98 Å². The Labute approximate surface area is 114 Å². The van der Waals surface area contributed by atoms with Crippen molar-refractivity contribution in [3.05, 3.63) is 27.4 Å². The third-order valence-corrected chi connectivity index (χ3v) is 4.04. The molecule has 96 valence electrons. The van der Waals surface area contributed by atoms with E-state index >= 15 is 0 Å². The summed E-state index contributed by atoms with van der Waals surface area (Å²) in [6.07, 6.45) is 0. The van der Waals surface area contributed by atoms with Crippen LogP contribution in [0.4, 0.5) is 0 Å². The van der Waals surface area contributed by atoms with E-state index in [9.17, 15) is 4.79 Å². The molecule has 0 saturated carbocycles. The third kappa shape index (κ3) is 2.28. The van der Waals surface area contributed by atoms with E-state index in [0.717, 1.165) is 10.4 Å². The molecule has 0 radical (unpaired) electrons. The molecule has 0 saturated heterocycles. The van der Waals surface area contributed by atoms with Gasteiger partial charge in [-0.3, -0.25) is 0 Å². The van der Waals surface area contributed by atoms with E-state index in [4.69, 9.17) is 20.8 Å². The van der Waals surface area contributed by atoms with Crippen molar-refractivity contribution in [2.75, 3.05) is 6.61 Å². The van der Waals surface area contributed by atoms with Gasteiger partial charge in [0.05, 0.1) is 17.3 Å². The highest BCUT2D eigenvalue weighted by Crippen LogP contribution is 2.36. The largest absolute Gasteiger partial charge is 0.460 e. The average Bonchev–Trinajstić information content (AvgIpc) is 2.85. The SMILES string of the molecule is CCOC(=O)c1oc(-c2scc(C)c2Cl)nc1C. The van der Waals surface area contributed by atoms with Crippen molar-refractivity contribution < 1.29 is 13.9 Å². The smallest absolute Gasteiger partial charge is 0.376 e. The van der Waals surface area contributed by atoms with Gasteiger partial charge >= 0.3 is 5.97 Å². The summed E-state index contributed by atoms with van der Waals surface area (Å²) in [6.45, 7) is 5.65. The standard InChI is InChI=1S/C12H12ClNO3S/c1-4-16-12(15)9-7(3)14-11(17-9)10-8(13)6(2)5-18-10/h5H,4H2,1-3H3. The van der Waals surface area contributed by atoms with Gasteiger partial charge in [-0.15, -0.1) is 11.3 Å². The number of hydrogen-bond donors (Lipinski definition) is 0. The fourth-order valence-corrected chi connectivity index (χ4v) is 2.65. The topological polar surface area (TPSA) is 52.3 Å². The van der Waals surface area contributed by atoms with Crippen molar-refractivity contribution in [3.8, 4) is 10.8 Å². The molecule has 0 fully saturated rings. The van der Waals surface area contributed by atoms with Crippen LogP contribution in [-0.2, 0) is 4.74 Å². The zero-order valence-electron chi connectivity index (χ0n) is 10.2. The molecule has 2 rings (SSSR count). The summed E-state index contributed by atoms with van der Waals surface area (Å²) in [5.74, 6) is -0.00854. The number of carbonyl (C=O) groups is 1. The number of oxazole rings is 1. The normalized spacial score (nSPS) is 10.7. The Hall–Kier alpha value is -1.33. The number of halogens is 1. The number of aromatic nitrogens is 1. The molecule has 0 unspecified atom stereocenters. The summed E-state index contributed by atoms with van der Waals surface area (Å²) in [4.78, 5) is 16.6. The Kier molecular flexibility index (Phi) is 3.73. The Morgan fingerprint density at radius 2 is 2.28 bits per heavy atom. The van der Waals surface area contributed by atoms with Crippen molar-refractivity contribution >= 4 is 28.9 Å². The predicted molar refractivity (Wildman–Crippen MR) is 70.3 cm³/mol. The van der Waals surface area contributed by atoms with Crippen molar-refractivity contribution in [2.45, 2.75) is 20.8 Å². The molecule has 6 heteroatoms. The van der Waals surface area contributed by atoms with Crippen LogP contribution in [0.15, 0.2) is 9.80 Å². The average molecular weight is 286 g/mol. The van der Waals surface area contributed by atoms with Gasteiger partial charge in [-0.25, -0.2) is 9.78 Å². The highest BCUT2D eigenvalue weighted by atomic mass is 35.5. The van der Waals surface area contributed by atoms with E-state index in [1.165, 1.54) is 11.3 Å². The maximum atomic E-state index is 11.6. The van der Waals surface area contributed by atoms with Crippen LogP contribution in [0.25, 0.3) is 10.8 Å². The van der Waals surface area contributed by atoms with Crippen LogP contribution >= 0.6 is 22.9 Å². The lowest BCUT2D eigenvalue weighted by atomic mass is 10.3. The van der Waals surface area contributed by atoms with Gasteiger partial charge in [-0.2, -0.15) is 0 Å². The first kappa shape index (κ1) is 13.1. The predicted octanol–water partition coefficient (Wildman–Crippen LogP) is 3.85. The highest BCUT2D eigenvalue weighted by Gasteiger charge is 2.21. The van der Waals surface area contributed by atoms with Gasteiger partial charge < -0.3 is 9.15 Å². The van der Waals surface area contributed by atoms with Crippen LogP contribution in [0.3, 0.4) is 0 Å². The lowest BCUT2D eigenvalue weighted by molar-refractivity contribution is 0.0490. The molecule has 0 spiro atoms. The van der Waals surface area contributed by atoms with Gasteiger partial charge in [-0.1, -0.05) is 11.6 Å². The fourth-order valence-electron chi connectivity index (χ4n) is 1.45. The monoisotopic (exact) mass is 285 g/mol. The summed E-state index contributed by atoms with van der Waals surface area (Å²) in [7, 11) is 0. The molecule has 2 heterocycles. The molecule has 0 bridgehead atoms. The Morgan fingerprint density at radius 3 is 2.83 bits per heavy atom. The number of ether oxygens (including phenoxy) is 1. The van der Waals surface area contributed by atoms with Crippen LogP contribution in [0.2, 0.25) is 5.02 Å². The maximum Gasteiger partial charge on any atom is 0.376 e. The number of aryl methyl sites for hydroxylation is 2. The summed E-state index contributed by atoms with van der Waals surface area (Å²) >= 11 is 7.58. The van der Waals surface area contributed by atoms with Crippen LogP contribution < -0.4 is 0 Å². The minimum absolute atomic E-state index is 0.133. The van der Waals surface area contributed by atoms with Gasteiger partial charge in [-0.05, 0) is 31.7 Å². The second-order valence-electron chi connectivity index (χ2n) is 3.72. The second kappa shape index (κ2) is 5.12. The fraction of sp³-hybridized carbons (Fsp3) is 0.333. The van der Waals surface area contributed by atoms with Gasteiger partial charge in [0.25, 0.3) is 0 Å². The first-order valence-corrected chi connectivity index (χ1v) is 6.68. The number of hydrogen-bond acceptors (Lipinski definition) is 5. The molecule has 0 aliphatic heterocycles. The lowest BCUT2D eigenvalue weighted by Crippen LogP contribution is -2.04. The minimum atomic E-state index is -0.502. The highest BCUT2D eigenvalue weighted by molar-refractivity contribution is 7.14. The Balaban J connectivity index is 2.40. The number of thiophene rings is 1. The molecule has 0 aliphatic rings. The Bertz CT molecular complexity index is 588. The molecule has 0 amide bonds. The van der Waals surface area contributed by atoms with E-state index in [-0.39, 0.29) is 5.76 Å². The molecular weight excluding hydrogens is 274 g/mol. The zero-order chi connectivity index (χ0) is 13.3. The molecular formula is C12H12ClNO3S. The molecule has 18 heavy (non-hydrogen) atoms. The zero-order valence-corrected chi connectivity index (χ0v) is 11.8. The maximum absolute atomic E-state index is 11.6. The molecule has 0 N–H and O–H groups in total.